The summed E-state index contributed by atoms with van der Waals surface area (Å²) in [6.45, 7) is 4.55. The summed E-state index contributed by atoms with van der Waals surface area (Å²) in [7, 11) is 0. The van der Waals surface area contributed by atoms with E-state index < -0.39 is 4.92 Å². The van der Waals surface area contributed by atoms with Gasteiger partial charge in [0, 0.05) is 17.8 Å². The molecule has 0 aliphatic heterocycles. The highest BCUT2D eigenvalue weighted by Crippen LogP contribution is 2.33. The molecule has 1 N–H and O–H groups in total. The Bertz CT molecular complexity index is 479. The fourth-order valence-corrected chi connectivity index (χ4v) is 2.84. The lowest BCUT2D eigenvalue weighted by molar-refractivity contribution is -0.384. The molecule has 1 aliphatic carbocycles. The largest absolute Gasteiger partial charge is 0.382 e. The van der Waals surface area contributed by atoms with Gasteiger partial charge in [-0.2, -0.15) is 0 Å². The zero-order chi connectivity index (χ0) is 14.0. The van der Waals surface area contributed by atoms with Gasteiger partial charge in [-0.1, -0.05) is 25.4 Å². The first kappa shape index (κ1) is 14.1. The molecule has 1 fully saturated rings. The molecule has 19 heavy (non-hydrogen) atoms. The maximum atomic E-state index is 10.9. The first-order chi connectivity index (χ1) is 8.97. The Morgan fingerprint density at radius 3 is 2.68 bits per heavy atom. The second-order valence-electron chi connectivity index (χ2n) is 5.53. The molecular weight excluding hydrogens is 264 g/mol. The van der Waals surface area contributed by atoms with Crippen LogP contribution in [-0.4, -0.2) is 11.0 Å². The van der Waals surface area contributed by atoms with Gasteiger partial charge in [-0.05, 0) is 43.2 Å². The third-order valence-electron chi connectivity index (χ3n) is 4.11. The molecule has 4 nitrogen and oxygen atoms in total. The molecule has 1 saturated carbocycles. The number of anilines is 1. The Hall–Kier alpha value is -1.29. The average molecular weight is 283 g/mol. The minimum atomic E-state index is -0.445. The quantitative estimate of drug-likeness (QED) is 0.657. The first-order valence-electron chi connectivity index (χ1n) is 6.68. The predicted molar refractivity (Wildman–Crippen MR) is 77.7 cm³/mol. The Morgan fingerprint density at radius 1 is 1.32 bits per heavy atom. The van der Waals surface area contributed by atoms with Gasteiger partial charge in [-0.15, -0.1) is 0 Å². The van der Waals surface area contributed by atoms with Crippen molar-refractivity contribution in [3.05, 3.63) is 33.3 Å². The molecule has 0 heterocycles. The summed E-state index contributed by atoms with van der Waals surface area (Å²) in [4.78, 5) is 10.4. The standard InChI is InChI=1S/C14H19ClN2O2/c1-9-3-4-11(7-10(9)2)16-12-5-6-13(15)14(8-12)17(18)19/h5-6,8-11,16H,3-4,7H2,1-2H3. The molecule has 2 rings (SSSR count). The van der Waals surface area contributed by atoms with Crippen molar-refractivity contribution < 1.29 is 4.92 Å². The second-order valence-corrected chi connectivity index (χ2v) is 5.94. The topological polar surface area (TPSA) is 55.2 Å². The molecule has 0 spiro atoms. The summed E-state index contributed by atoms with van der Waals surface area (Å²) in [5, 5.41) is 14.4. The van der Waals surface area contributed by atoms with Crippen LogP contribution in [0, 0.1) is 22.0 Å². The van der Waals surface area contributed by atoms with Crippen molar-refractivity contribution in [2.45, 2.75) is 39.2 Å². The minimum Gasteiger partial charge on any atom is -0.382 e. The van der Waals surface area contributed by atoms with Crippen LogP contribution in [0.1, 0.15) is 33.1 Å². The van der Waals surface area contributed by atoms with E-state index in [4.69, 9.17) is 11.6 Å². The van der Waals surface area contributed by atoms with Crippen molar-refractivity contribution in [1.82, 2.24) is 0 Å². The van der Waals surface area contributed by atoms with E-state index in [1.807, 2.05) is 0 Å². The number of hydrogen-bond acceptors (Lipinski definition) is 3. The van der Waals surface area contributed by atoms with Gasteiger partial charge >= 0.3 is 0 Å². The Labute approximate surface area is 118 Å². The Morgan fingerprint density at radius 2 is 2.05 bits per heavy atom. The zero-order valence-corrected chi connectivity index (χ0v) is 12.0. The van der Waals surface area contributed by atoms with Gasteiger partial charge in [0.25, 0.3) is 5.69 Å². The van der Waals surface area contributed by atoms with Crippen molar-refractivity contribution in [3.63, 3.8) is 0 Å². The van der Waals surface area contributed by atoms with E-state index >= 15 is 0 Å². The van der Waals surface area contributed by atoms with E-state index in [0.29, 0.717) is 12.0 Å². The molecule has 0 bridgehead atoms. The number of rotatable bonds is 3. The van der Waals surface area contributed by atoms with Crippen LogP contribution in [0.4, 0.5) is 11.4 Å². The molecule has 3 atom stereocenters. The summed E-state index contributed by atoms with van der Waals surface area (Å²) >= 11 is 5.81. The van der Waals surface area contributed by atoms with E-state index in [9.17, 15) is 10.1 Å². The van der Waals surface area contributed by atoms with Crippen LogP contribution in [0.5, 0.6) is 0 Å². The zero-order valence-electron chi connectivity index (χ0n) is 11.2. The van der Waals surface area contributed by atoms with Crippen molar-refractivity contribution in [2.75, 3.05) is 5.32 Å². The summed E-state index contributed by atoms with van der Waals surface area (Å²) in [5.74, 6) is 1.45. The Balaban J connectivity index is 2.07. The van der Waals surface area contributed by atoms with Crippen LogP contribution in [-0.2, 0) is 0 Å². The molecule has 1 aromatic rings. The fourth-order valence-electron chi connectivity index (χ4n) is 2.66. The number of benzene rings is 1. The molecular formula is C14H19ClN2O2. The lowest BCUT2D eigenvalue weighted by Crippen LogP contribution is -2.30. The molecule has 3 unspecified atom stereocenters. The summed E-state index contributed by atoms with van der Waals surface area (Å²) in [5.41, 5.74) is 0.742. The molecule has 1 aromatic carbocycles. The van der Waals surface area contributed by atoms with Crippen molar-refractivity contribution in [1.29, 1.82) is 0 Å². The smallest absolute Gasteiger partial charge is 0.289 e. The number of hydrogen-bond donors (Lipinski definition) is 1. The van der Waals surface area contributed by atoms with Crippen LogP contribution >= 0.6 is 11.6 Å². The molecule has 0 aromatic heterocycles. The summed E-state index contributed by atoms with van der Waals surface area (Å²) in [6, 6.07) is 5.30. The van der Waals surface area contributed by atoms with Gasteiger partial charge in [0.05, 0.1) is 4.92 Å². The monoisotopic (exact) mass is 282 g/mol. The fraction of sp³-hybridized carbons (Fsp3) is 0.571. The normalized spacial score (nSPS) is 27.0. The highest BCUT2D eigenvalue weighted by molar-refractivity contribution is 6.32. The summed E-state index contributed by atoms with van der Waals surface area (Å²) in [6.07, 6.45) is 3.42. The number of halogens is 1. The second kappa shape index (κ2) is 5.78. The maximum Gasteiger partial charge on any atom is 0.289 e. The molecule has 0 saturated heterocycles. The molecule has 104 valence electrons. The molecule has 0 radical (unpaired) electrons. The summed E-state index contributed by atoms with van der Waals surface area (Å²) < 4.78 is 0. The molecule has 1 aliphatic rings. The number of nitro benzene ring substituents is 1. The van der Waals surface area contributed by atoms with Crippen molar-refractivity contribution >= 4 is 23.0 Å². The van der Waals surface area contributed by atoms with Crippen LogP contribution in [0.2, 0.25) is 5.02 Å². The number of nitro groups is 1. The van der Waals surface area contributed by atoms with Crippen molar-refractivity contribution in [3.8, 4) is 0 Å². The lowest BCUT2D eigenvalue weighted by Gasteiger charge is -2.33. The van der Waals surface area contributed by atoms with E-state index in [1.54, 1.807) is 12.1 Å². The highest BCUT2D eigenvalue weighted by atomic mass is 35.5. The predicted octanol–water partition coefficient (Wildman–Crippen LogP) is 4.48. The average Bonchev–Trinajstić information content (AvgIpc) is 2.36. The van der Waals surface area contributed by atoms with Crippen molar-refractivity contribution in [2.24, 2.45) is 11.8 Å². The van der Waals surface area contributed by atoms with Gasteiger partial charge in [0.1, 0.15) is 5.02 Å². The van der Waals surface area contributed by atoms with Gasteiger partial charge in [0.2, 0.25) is 0 Å². The van der Waals surface area contributed by atoms with E-state index in [2.05, 4.69) is 19.2 Å². The van der Waals surface area contributed by atoms with Gasteiger partial charge in [0.15, 0.2) is 0 Å². The SMILES string of the molecule is CC1CCC(Nc2ccc(Cl)c([N+](=O)[O-])c2)CC1C. The highest BCUT2D eigenvalue weighted by Gasteiger charge is 2.24. The van der Waals surface area contributed by atoms with Crippen LogP contribution in [0.3, 0.4) is 0 Å². The van der Waals surface area contributed by atoms with E-state index in [-0.39, 0.29) is 10.7 Å². The minimum absolute atomic E-state index is 0.0381. The van der Waals surface area contributed by atoms with Gasteiger partial charge in [-0.3, -0.25) is 10.1 Å². The Kier molecular flexibility index (Phi) is 4.30. The molecule has 5 heteroatoms. The number of nitrogens with zero attached hydrogens (tertiary/aromatic N) is 1. The van der Waals surface area contributed by atoms with E-state index in [1.165, 1.54) is 12.5 Å². The third kappa shape index (κ3) is 3.38. The maximum absolute atomic E-state index is 10.9. The lowest BCUT2D eigenvalue weighted by atomic mass is 9.79. The third-order valence-corrected chi connectivity index (χ3v) is 4.43. The van der Waals surface area contributed by atoms with Gasteiger partial charge < -0.3 is 5.32 Å². The number of nitrogens with one attached hydrogen (secondary N) is 1. The van der Waals surface area contributed by atoms with Crippen LogP contribution in [0.15, 0.2) is 18.2 Å². The van der Waals surface area contributed by atoms with E-state index in [0.717, 1.165) is 24.4 Å². The first-order valence-corrected chi connectivity index (χ1v) is 7.05. The molecule has 0 amide bonds. The van der Waals surface area contributed by atoms with Gasteiger partial charge in [-0.25, -0.2) is 0 Å². The van der Waals surface area contributed by atoms with Crippen LogP contribution < -0.4 is 5.32 Å². The van der Waals surface area contributed by atoms with Crippen LogP contribution in [0.25, 0.3) is 0 Å².